The molecule has 0 spiro atoms. The van der Waals surface area contributed by atoms with E-state index in [1.165, 1.54) is 18.9 Å². The highest BCUT2D eigenvalue weighted by molar-refractivity contribution is 5.92. The van der Waals surface area contributed by atoms with Crippen molar-refractivity contribution in [3.05, 3.63) is 34.2 Å². The molecule has 0 aromatic carbocycles. The highest BCUT2D eigenvalue weighted by Gasteiger charge is 2.24. The van der Waals surface area contributed by atoms with Crippen molar-refractivity contribution in [2.24, 2.45) is 17.6 Å². The van der Waals surface area contributed by atoms with Crippen LogP contribution in [0.1, 0.15) is 36.2 Å². The third-order valence-electron chi connectivity index (χ3n) is 3.91. The van der Waals surface area contributed by atoms with Gasteiger partial charge in [0, 0.05) is 12.6 Å². The monoisotopic (exact) mass is 263 g/mol. The summed E-state index contributed by atoms with van der Waals surface area (Å²) in [6.07, 6.45) is 4.71. The summed E-state index contributed by atoms with van der Waals surface area (Å²) < 4.78 is 0. The fraction of sp³-hybridized carbons (Fsp3) is 0.571. The van der Waals surface area contributed by atoms with Crippen LogP contribution in [0.25, 0.3) is 0 Å². The Bertz CT molecular complexity index is 484. The number of aromatic amines is 1. The van der Waals surface area contributed by atoms with Crippen LogP contribution in [-0.2, 0) is 0 Å². The first kappa shape index (κ1) is 13.8. The Labute approximate surface area is 112 Å². The molecule has 0 aliphatic heterocycles. The zero-order valence-electron chi connectivity index (χ0n) is 11.0. The summed E-state index contributed by atoms with van der Waals surface area (Å²) in [6, 6.07) is 4.58. The average Bonchev–Trinajstić information content (AvgIpc) is 2.45. The predicted octanol–water partition coefficient (Wildman–Crippen LogP) is 0.870. The van der Waals surface area contributed by atoms with Gasteiger partial charge >= 0.3 is 0 Å². The van der Waals surface area contributed by atoms with Gasteiger partial charge in [0.05, 0.1) is 0 Å². The molecule has 1 heterocycles. The molecule has 1 aromatic heterocycles. The highest BCUT2D eigenvalue weighted by atomic mass is 16.2. The van der Waals surface area contributed by atoms with Crippen molar-refractivity contribution in [3.8, 4) is 0 Å². The lowest BCUT2D eigenvalue weighted by Crippen LogP contribution is -2.37. The fourth-order valence-electron chi connectivity index (χ4n) is 2.76. The van der Waals surface area contributed by atoms with Crippen LogP contribution in [0.4, 0.5) is 0 Å². The predicted molar refractivity (Wildman–Crippen MR) is 73.9 cm³/mol. The lowest BCUT2D eigenvalue weighted by molar-refractivity contribution is 0.0930. The number of amides is 1. The maximum atomic E-state index is 11.9. The average molecular weight is 263 g/mol. The second-order valence-corrected chi connectivity index (χ2v) is 5.18. The van der Waals surface area contributed by atoms with Gasteiger partial charge < -0.3 is 16.0 Å². The Morgan fingerprint density at radius 3 is 2.74 bits per heavy atom. The van der Waals surface area contributed by atoms with E-state index < -0.39 is 0 Å². The summed E-state index contributed by atoms with van der Waals surface area (Å²) in [5.41, 5.74) is 5.82. The van der Waals surface area contributed by atoms with Crippen LogP contribution < -0.4 is 16.6 Å². The van der Waals surface area contributed by atoms with E-state index in [0.29, 0.717) is 30.6 Å². The van der Waals surface area contributed by atoms with Gasteiger partial charge in [0.15, 0.2) is 0 Å². The van der Waals surface area contributed by atoms with Crippen molar-refractivity contribution in [1.82, 2.24) is 10.3 Å². The Kier molecular flexibility index (Phi) is 4.74. The minimum Gasteiger partial charge on any atom is -0.350 e. The smallest absolute Gasteiger partial charge is 0.267 e. The van der Waals surface area contributed by atoms with Gasteiger partial charge in [-0.05, 0) is 37.3 Å². The molecule has 1 aliphatic carbocycles. The van der Waals surface area contributed by atoms with Crippen LogP contribution >= 0.6 is 0 Å². The summed E-state index contributed by atoms with van der Waals surface area (Å²) in [6.45, 7) is 1.32. The molecule has 5 nitrogen and oxygen atoms in total. The molecule has 104 valence electrons. The van der Waals surface area contributed by atoms with Crippen molar-refractivity contribution < 1.29 is 4.79 Å². The Morgan fingerprint density at radius 2 is 2.05 bits per heavy atom. The Hall–Kier alpha value is -1.62. The molecule has 2 atom stereocenters. The summed E-state index contributed by atoms with van der Waals surface area (Å²) in [7, 11) is 0. The van der Waals surface area contributed by atoms with E-state index in [1.54, 1.807) is 12.1 Å². The quantitative estimate of drug-likeness (QED) is 0.753. The fourth-order valence-corrected chi connectivity index (χ4v) is 2.76. The number of rotatable bonds is 4. The summed E-state index contributed by atoms with van der Waals surface area (Å²) in [5.74, 6) is 0.737. The Morgan fingerprint density at radius 1 is 1.32 bits per heavy atom. The number of hydrogen-bond acceptors (Lipinski definition) is 3. The summed E-state index contributed by atoms with van der Waals surface area (Å²) in [4.78, 5) is 25.6. The molecule has 2 unspecified atom stereocenters. The first-order valence-electron chi connectivity index (χ1n) is 6.88. The van der Waals surface area contributed by atoms with E-state index in [2.05, 4.69) is 10.3 Å². The number of H-pyrrole nitrogens is 1. The lowest BCUT2D eigenvalue weighted by atomic mass is 9.79. The molecule has 1 fully saturated rings. The van der Waals surface area contributed by atoms with Gasteiger partial charge in [0.2, 0.25) is 5.56 Å². The van der Waals surface area contributed by atoms with Crippen molar-refractivity contribution in [3.63, 3.8) is 0 Å². The topological polar surface area (TPSA) is 88.0 Å². The minimum atomic E-state index is -0.259. The van der Waals surface area contributed by atoms with Crippen molar-refractivity contribution >= 4 is 5.91 Å². The SMILES string of the molecule is NCC1CCCCC1CNC(=O)c1cccc(=O)[nH]1. The molecule has 1 saturated carbocycles. The molecule has 5 heteroatoms. The molecular formula is C14H21N3O2. The van der Waals surface area contributed by atoms with Gasteiger partial charge in [0.25, 0.3) is 5.91 Å². The van der Waals surface area contributed by atoms with Gasteiger partial charge in [-0.1, -0.05) is 18.9 Å². The zero-order chi connectivity index (χ0) is 13.7. The van der Waals surface area contributed by atoms with Crippen molar-refractivity contribution in [2.75, 3.05) is 13.1 Å². The van der Waals surface area contributed by atoms with E-state index in [-0.39, 0.29) is 11.5 Å². The number of carbonyl (C=O) groups is 1. The van der Waals surface area contributed by atoms with E-state index in [4.69, 9.17) is 5.73 Å². The van der Waals surface area contributed by atoms with Crippen LogP contribution in [0.3, 0.4) is 0 Å². The first-order valence-corrected chi connectivity index (χ1v) is 6.88. The van der Waals surface area contributed by atoms with Crippen LogP contribution in [0.15, 0.2) is 23.0 Å². The van der Waals surface area contributed by atoms with Gasteiger partial charge in [-0.2, -0.15) is 0 Å². The molecule has 1 amide bonds. The number of nitrogens with one attached hydrogen (secondary N) is 2. The van der Waals surface area contributed by atoms with Crippen LogP contribution in [0, 0.1) is 11.8 Å². The Balaban J connectivity index is 1.91. The third-order valence-corrected chi connectivity index (χ3v) is 3.91. The molecule has 0 bridgehead atoms. The van der Waals surface area contributed by atoms with Crippen LogP contribution in [0.2, 0.25) is 0 Å². The summed E-state index contributed by atoms with van der Waals surface area (Å²) in [5, 5.41) is 2.90. The molecule has 1 aromatic rings. The maximum Gasteiger partial charge on any atom is 0.267 e. The molecule has 1 aliphatic rings. The van der Waals surface area contributed by atoms with Crippen LogP contribution in [0.5, 0.6) is 0 Å². The molecule has 2 rings (SSSR count). The number of aromatic nitrogens is 1. The number of pyridine rings is 1. The number of carbonyl (C=O) groups excluding carboxylic acids is 1. The van der Waals surface area contributed by atoms with E-state index in [0.717, 1.165) is 12.8 Å². The molecule has 4 N–H and O–H groups in total. The van der Waals surface area contributed by atoms with E-state index >= 15 is 0 Å². The highest BCUT2D eigenvalue weighted by Crippen LogP contribution is 2.28. The van der Waals surface area contributed by atoms with Crippen molar-refractivity contribution in [1.29, 1.82) is 0 Å². The normalized spacial score (nSPS) is 23.0. The molecule has 0 radical (unpaired) electrons. The zero-order valence-corrected chi connectivity index (χ0v) is 11.0. The van der Waals surface area contributed by atoms with Crippen molar-refractivity contribution in [2.45, 2.75) is 25.7 Å². The van der Waals surface area contributed by atoms with Gasteiger partial charge in [-0.3, -0.25) is 9.59 Å². The molecule has 19 heavy (non-hydrogen) atoms. The third kappa shape index (κ3) is 3.67. The van der Waals surface area contributed by atoms with E-state index in [1.807, 2.05) is 0 Å². The number of nitrogens with two attached hydrogens (primary N) is 1. The lowest BCUT2D eigenvalue weighted by Gasteiger charge is -2.30. The first-order chi connectivity index (χ1) is 9.20. The number of hydrogen-bond donors (Lipinski definition) is 3. The van der Waals surface area contributed by atoms with Gasteiger partial charge in [-0.15, -0.1) is 0 Å². The minimum absolute atomic E-state index is 0.223. The van der Waals surface area contributed by atoms with Gasteiger partial charge in [0.1, 0.15) is 5.69 Å². The second kappa shape index (κ2) is 6.52. The second-order valence-electron chi connectivity index (χ2n) is 5.18. The molecular weight excluding hydrogens is 242 g/mol. The standard InChI is InChI=1S/C14H21N3O2/c15-8-10-4-1-2-5-11(10)9-16-14(19)12-6-3-7-13(18)17-12/h3,6-7,10-11H,1-2,4-5,8-9,15H2,(H,16,19)(H,17,18). The summed E-state index contributed by atoms with van der Waals surface area (Å²) >= 11 is 0. The maximum absolute atomic E-state index is 11.9. The molecule has 0 saturated heterocycles. The van der Waals surface area contributed by atoms with E-state index in [9.17, 15) is 9.59 Å². The largest absolute Gasteiger partial charge is 0.350 e. The van der Waals surface area contributed by atoms with Gasteiger partial charge in [-0.25, -0.2) is 0 Å². The van der Waals surface area contributed by atoms with Crippen LogP contribution in [-0.4, -0.2) is 24.0 Å².